The van der Waals surface area contributed by atoms with Crippen LogP contribution in [0.5, 0.6) is 5.75 Å². The number of hydrogen-bond acceptors (Lipinski definition) is 5. The molecule has 0 spiro atoms. The van der Waals surface area contributed by atoms with Crippen LogP contribution in [0.4, 0.5) is 5.69 Å². The van der Waals surface area contributed by atoms with Gasteiger partial charge in [-0.05, 0) is 30.3 Å². The first-order valence-electron chi connectivity index (χ1n) is 8.40. The number of ether oxygens (including phenoxy) is 1. The molecule has 0 amide bonds. The first kappa shape index (κ1) is 17.9. The Morgan fingerprint density at radius 1 is 0.750 bits per heavy atom. The minimum absolute atomic E-state index is 0.0756. The Kier molecular flexibility index (Phi) is 4.24. The van der Waals surface area contributed by atoms with Crippen molar-refractivity contribution in [2.45, 2.75) is 4.90 Å². The highest BCUT2D eigenvalue weighted by Gasteiger charge is 2.30. The van der Waals surface area contributed by atoms with Gasteiger partial charge in [-0.2, -0.15) is 0 Å². The number of anilines is 1. The molecule has 1 N–H and O–H groups in total. The average Bonchev–Trinajstić information content (AvgIpc) is 2.71. The molecule has 1 aliphatic carbocycles. The molecule has 0 aliphatic heterocycles. The number of hydrogen-bond donors (Lipinski definition) is 1. The van der Waals surface area contributed by atoms with Gasteiger partial charge in [0.2, 0.25) is 0 Å². The number of carbonyl (C=O) groups is 2. The summed E-state index contributed by atoms with van der Waals surface area (Å²) < 4.78 is 33.3. The van der Waals surface area contributed by atoms with Gasteiger partial charge < -0.3 is 4.74 Å². The average molecular weight is 393 g/mol. The molecule has 0 bridgehead atoms. The van der Waals surface area contributed by atoms with Crippen LogP contribution < -0.4 is 9.46 Å². The van der Waals surface area contributed by atoms with Gasteiger partial charge in [-0.25, -0.2) is 8.42 Å². The summed E-state index contributed by atoms with van der Waals surface area (Å²) in [4.78, 5) is 25.3. The summed E-state index contributed by atoms with van der Waals surface area (Å²) in [6.45, 7) is 0. The lowest BCUT2D eigenvalue weighted by Gasteiger charge is -2.18. The number of ketones is 2. The number of benzene rings is 3. The van der Waals surface area contributed by atoms with Crippen molar-refractivity contribution in [3.8, 4) is 5.75 Å². The zero-order chi connectivity index (χ0) is 19.9. The lowest BCUT2D eigenvalue weighted by Crippen LogP contribution is -2.22. The summed E-state index contributed by atoms with van der Waals surface area (Å²) in [6, 6.07) is 17.0. The first-order valence-corrected chi connectivity index (χ1v) is 9.89. The smallest absolute Gasteiger partial charge is 0.262 e. The molecule has 28 heavy (non-hydrogen) atoms. The van der Waals surface area contributed by atoms with Crippen molar-refractivity contribution in [2.75, 3.05) is 11.8 Å². The van der Waals surface area contributed by atoms with Gasteiger partial charge in [0.05, 0.1) is 17.7 Å². The fourth-order valence-corrected chi connectivity index (χ4v) is 4.27. The van der Waals surface area contributed by atoms with Crippen LogP contribution in [0.2, 0.25) is 0 Å². The van der Waals surface area contributed by atoms with Crippen molar-refractivity contribution in [1.29, 1.82) is 0 Å². The third kappa shape index (κ3) is 2.86. The Morgan fingerprint density at radius 2 is 1.32 bits per heavy atom. The maximum absolute atomic E-state index is 12.8. The third-order valence-electron chi connectivity index (χ3n) is 4.56. The van der Waals surface area contributed by atoms with E-state index in [4.69, 9.17) is 4.74 Å². The molecule has 0 heterocycles. The Hall–Kier alpha value is -3.45. The molecule has 0 saturated heterocycles. The Balaban J connectivity index is 1.77. The second kappa shape index (κ2) is 6.61. The molecule has 0 fully saturated rings. The standard InChI is InChI=1S/C21H15NO5S/c1-27-19-9-5-4-8-18(19)22-28(25,26)13-10-11-16-17(12-13)21(24)15-7-3-2-6-14(15)20(16)23/h2-12,22H,1H3. The van der Waals surface area contributed by atoms with E-state index in [9.17, 15) is 18.0 Å². The molecule has 0 unspecified atom stereocenters. The molecular weight excluding hydrogens is 378 g/mol. The monoisotopic (exact) mass is 393 g/mol. The fraction of sp³-hybridized carbons (Fsp3) is 0.0476. The summed E-state index contributed by atoms with van der Waals surface area (Å²) in [5.41, 5.74) is 1.14. The quantitative estimate of drug-likeness (QED) is 0.575. The predicted octanol–water partition coefficient (Wildman–Crippen LogP) is 3.27. The normalized spacial score (nSPS) is 12.9. The van der Waals surface area contributed by atoms with Gasteiger partial charge in [0.25, 0.3) is 10.0 Å². The van der Waals surface area contributed by atoms with Crippen LogP contribution in [0.3, 0.4) is 0 Å². The molecule has 0 aromatic heterocycles. The molecule has 0 saturated carbocycles. The van der Waals surface area contributed by atoms with E-state index in [1.165, 1.54) is 25.3 Å². The van der Waals surface area contributed by atoms with Crippen molar-refractivity contribution in [3.05, 3.63) is 89.0 Å². The Labute approximate surface area is 161 Å². The number of nitrogens with one attached hydrogen (secondary N) is 1. The van der Waals surface area contributed by atoms with Gasteiger partial charge in [0.15, 0.2) is 11.6 Å². The largest absolute Gasteiger partial charge is 0.495 e. The highest BCUT2D eigenvalue weighted by atomic mass is 32.2. The van der Waals surface area contributed by atoms with Gasteiger partial charge in [-0.1, -0.05) is 36.4 Å². The lowest BCUT2D eigenvalue weighted by atomic mass is 9.84. The van der Waals surface area contributed by atoms with Crippen LogP contribution in [0.25, 0.3) is 0 Å². The van der Waals surface area contributed by atoms with Crippen LogP contribution in [-0.2, 0) is 10.0 Å². The Bertz CT molecular complexity index is 1230. The van der Waals surface area contributed by atoms with Crippen molar-refractivity contribution >= 4 is 27.3 Å². The van der Waals surface area contributed by atoms with Crippen LogP contribution in [0.15, 0.2) is 71.6 Å². The number of carbonyl (C=O) groups excluding carboxylic acids is 2. The minimum Gasteiger partial charge on any atom is -0.495 e. The molecule has 140 valence electrons. The summed E-state index contributed by atoms with van der Waals surface area (Å²) in [6.07, 6.45) is 0. The summed E-state index contributed by atoms with van der Waals surface area (Å²) in [5.74, 6) is -0.310. The maximum Gasteiger partial charge on any atom is 0.262 e. The van der Waals surface area contributed by atoms with Gasteiger partial charge in [0.1, 0.15) is 5.75 Å². The summed E-state index contributed by atoms with van der Waals surface area (Å²) in [5, 5.41) is 0. The zero-order valence-electron chi connectivity index (χ0n) is 14.8. The number of fused-ring (bicyclic) bond motifs is 2. The van der Waals surface area contributed by atoms with Crippen LogP contribution in [0, 0.1) is 0 Å². The van der Waals surface area contributed by atoms with E-state index in [1.54, 1.807) is 48.5 Å². The molecule has 6 nitrogen and oxygen atoms in total. The van der Waals surface area contributed by atoms with E-state index >= 15 is 0 Å². The molecule has 4 rings (SSSR count). The van der Waals surface area contributed by atoms with E-state index in [1.807, 2.05) is 0 Å². The van der Waals surface area contributed by atoms with Crippen molar-refractivity contribution in [2.24, 2.45) is 0 Å². The summed E-state index contributed by atoms with van der Waals surface area (Å²) in [7, 11) is -2.55. The minimum atomic E-state index is -3.99. The van der Waals surface area contributed by atoms with E-state index < -0.39 is 10.0 Å². The number of sulfonamides is 1. The van der Waals surface area contributed by atoms with Crippen LogP contribution in [0.1, 0.15) is 31.8 Å². The number of rotatable bonds is 4. The van der Waals surface area contributed by atoms with Crippen molar-refractivity contribution in [1.82, 2.24) is 0 Å². The molecule has 0 atom stereocenters. The molecule has 1 aliphatic rings. The first-order chi connectivity index (χ1) is 13.4. The highest BCUT2D eigenvalue weighted by Crippen LogP contribution is 2.30. The second-order valence-corrected chi connectivity index (χ2v) is 7.90. The van der Waals surface area contributed by atoms with Crippen LogP contribution >= 0.6 is 0 Å². The SMILES string of the molecule is COc1ccccc1NS(=O)(=O)c1ccc2c(c1)C(=O)c1ccccc1C2=O. The molecule has 0 radical (unpaired) electrons. The fourth-order valence-electron chi connectivity index (χ4n) is 3.18. The Morgan fingerprint density at radius 3 is 2.00 bits per heavy atom. The topological polar surface area (TPSA) is 89.5 Å². The molecule has 7 heteroatoms. The number of para-hydroxylation sites is 2. The van der Waals surface area contributed by atoms with Gasteiger partial charge in [0, 0.05) is 22.3 Å². The van der Waals surface area contributed by atoms with Gasteiger partial charge >= 0.3 is 0 Å². The van der Waals surface area contributed by atoms with E-state index in [0.717, 1.165) is 0 Å². The summed E-state index contributed by atoms with van der Waals surface area (Å²) >= 11 is 0. The molecular formula is C21H15NO5S. The van der Waals surface area contributed by atoms with Crippen LogP contribution in [-0.4, -0.2) is 27.1 Å². The molecule has 3 aromatic carbocycles. The molecule has 3 aromatic rings. The van der Waals surface area contributed by atoms with Crippen molar-refractivity contribution in [3.63, 3.8) is 0 Å². The van der Waals surface area contributed by atoms with E-state index in [0.29, 0.717) is 11.3 Å². The zero-order valence-corrected chi connectivity index (χ0v) is 15.6. The third-order valence-corrected chi connectivity index (χ3v) is 5.92. The second-order valence-electron chi connectivity index (χ2n) is 6.22. The van der Waals surface area contributed by atoms with Gasteiger partial charge in [-0.15, -0.1) is 0 Å². The van der Waals surface area contributed by atoms with Crippen molar-refractivity contribution < 1.29 is 22.7 Å². The lowest BCUT2D eigenvalue weighted by molar-refractivity contribution is 0.0979. The van der Waals surface area contributed by atoms with Gasteiger partial charge in [-0.3, -0.25) is 14.3 Å². The van der Waals surface area contributed by atoms with E-state index in [2.05, 4.69) is 4.72 Å². The maximum atomic E-state index is 12.8. The predicted molar refractivity (Wildman–Crippen MR) is 104 cm³/mol. The highest BCUT2D eigenvalue weighted by molar-refractivity contribution is 7.92. The number of methoxy groups -OCH3 is 1. The van der Waals surface area contributed by atoms with E-state index in [-0.39, 0.29) is 38.8 Å².